The van der Waals surface area contributed by atoms with Crippen LogP contribution in [0, 0.1) is 0 Å². The Hall–Kier alpha value is -1.84. The molecule has 0 saturated heterocycles. The van der Waals surface area contributed by atoms with Crippen LogP contribution in [0.4, 0.5) is 35.1 Å². The molecule has 0 aliphatic rings. The summed E-state index contributed by atoms with van der Waals surface area (Å²) in [6.07, 6.45) is -5.07. The minimum atomic E-state index is -6.51. The van der Waals surface area contributed by atoms with Crippen LogP contribution < -0.4 is 5.43 Å². The van der Waals surface area contributed by atoms with Crippen molar-refractivity contribution < 1.29 is 39.5 Å². The molecular formula is C13H5ClF8O2. The van der Waals surface area contributed by atoms with Crippen molar-refractivity contribution in [3.05, 3.63) is 45.3 Å². The summed E-state index contributed by atoms with van der Waals surface area (Å²) in [5, 5.41) is -0.394. The SMILES string of the molecule is O=c1cc(C(F)(F)C(F)(F)C(F)(F)C(F)F)oc2ccc(Cl)cc12. The Morgan fingerprint density at radius 1 is 1.00 bits per heavy atom. The molecule has 2 nitrogen and oxygen atoms in total. The summed E-state index contributed by atoms with van der Waals surface area (Å²) in [5.74, 6) is -20.9. The molecule has 0 atom stereocenters. The molecule has 0 fully saturated rings. The Morgan fingerprint density at radius 2 is 1.58 bits per heavy atom. The van der Waals surface area contributed by atoms with Gasteiger partial charge in [0.05, 0.1) is 5.39 Å². The predicted molar refractivity (Wildman–Crippen MR) is 67.3 cm³/mol. The third-order valence-corrected chi connectivity index (χ3v) is 3.32. The molecule has 0 amide bonds. The lowest BCUT2D eigenvalue weighted by atomic mass is 10.0. The van der Waals surface area contributed by atoms with E-state index < -0.39 is 41.0 Å². The second-order valence-corrected chi connectivity index (χ2v) is 5.12. The average molecular weight is 381 g/mol. The highest BCUT2D eigenvalue weighted by molar-refractivity contribution is 6.31. The van der Waals surface area contributed by atoms with E-state index in [1.807, 2.05) is 0 Å². The number of benzene rings is 1. The lowest BCUT2D eigenvalue weighted by molar-refractivity contribution is -0.347. The van der Waals surface area contributed by atoms with Crippen LogP contribution in [-0.2, 0) is 5.92 Å². The third kappa shape index (κ3) is 2.62. The largest absolute Gasteiger partial charge is 0.454 e. The summed E-state index contributed by atoms with van der Waals surface area (Å²) < 4.78 is 108. The molecule has 24 heavy (non-hydrogen) atoms. The number of hydrogen-bond acceptors (Lipinski definition) is 2. The van der Waals surface area contributed by atoms with Gasteiger partial charge in [0, 0.05) is 11.1 Å². The molecule has 11 heteroatoms. The first-order chi connectivity index (χ1) is 10.8. The molecule has 0 aliphatic carbocycles. The summed E-state index contributed by atoms with van der Waals surface area (Å²) in [6, 6.07) is 2.72. The standard InChI is InChI=1S/C13H5ClF8O2/c14-5-1-2-8-6(3-5)7(23)4-9(24-8)11(17,18)13(21,22)12(19,20)10(15)16/h1-4,10H. The zero-order chi connectivity index (χ0) is 18.5. The van der Waals surface area contributed by atoms with Gasteiger partial charge in [-0.1, -0.05) is 11.6 Å². The van der Waals surface area contributed by atoms with Gasteiger partial charge in [-0.05, 0) is 18.2 Å². The van der Waals surface area contributed by atoms with Crippen LogP contribution in [0.5, 0.6) is 0 Å². The first-order valence-electron chi connectivity index (χ1n) is 5.98. The third-order valence-electron chi connectivity index (χ3n) is 3.09. The van der Waals surface area contributed by atoms with Gasteiger partial charge < -0.3 is 4.42 Å². The van der Waals surface area contributed by atoms with Crippen LogP contribution >= 0.6 is 11.6 Å². The minimum absolute atomic E-state index is 0.0103. The molecule has 2 rings (SSSR count). The number of fused-ring (bicyclic) bond motifs is 1. The molecule has 0 spiro atoms. The molecule has 0 saturated carbocycles. The number of halogens is 9. The van der Waals surface area contributed by atoms with Crippen molar-refractivity contribution in [3.8, 4) is 0 Å². The van der Waals surface area contributed by atoms with E-state index in [9.17, 15) is 39.9 Å². The van der Waals surface area contributed by atoms with Gasteiger partial charge in [0.2, 0.25) is 0 Å². The first-order valence-corrected chi connectivity index (χ1v) is 6.35. The van der Waals surface area contributed by atoms with Crippen LogP contribution in [0.3, 0.4) is 0 Å². The molecular weight excluding hydrogens is 376 g/mol. The lowest BCUT2D eigenvalue weighted by Gasteiger charge is -2.31. The van der Waals surface area contributed by atoms with Crippen LogP contribution in [-0.4, -0.2) is 18.3 Å². The maximum absolute atomic E-state index is 13.8. The molecule has 0 aliphatic heterocycles. The van der Waals surface area contributed by atoms with Crippen molar-refractivity contribution in [2.75, 3.05) is 0 Å². The van der Waals surface area contributed by atoms with Gasteiger partial charge in [0.1, 0.15) is 5.58 Å². The van der Waals surface area contributed by atoms with Gasteiger partial charge in [-0.3, -0.25) is 4.79 Å². The van der Waals surface area contributed by atoms with Crippen LogP contribution in [0.15, 0.2) is 33.5 Å². The summed E-state index contributed by atoms with van der Waals surface area (Å²) in [7, 11) is 0. The number of alkyl halides is 8. The van der Waals surface area contributed by atoms with E-state index in [-0.39, 0.29) is 16.5 Å². The van der Waals surface area contributed by atoms with Gasteiger partial charge in [0.15, 0.2) is 11.2 Å². The molecule has 0 bridgehead atoms. The zero-order valence-electron chi connectivity index (χ0n) is 11.1. The zero-order valence-corrected chi connectivity index (χ0v) is 11.9. The molecule has 2 aromatic rings. The average Bonchev–Trinajstić information content (AvgIpc) is 2.47. The van der Waals surface area contributed by atoms with Gasteiger partial charge in [-0.15, -0.1) is 0 Å². The van der Waals surface area contributed by atoms with Crippen LogP contribution in [0.2, 0.25) is 5.02 Å². The van der Waals surface area contributed by atoms with Crippen molar-refractivity contribution in [2.45, 2.75) is 24.2 Å². The normalized spacial score (nSPS) is 13.8. The van der Waals surface area contributed by atoms with E-state index in [2.05, 4.69) is 4.42 Å². The van der Waals surface area contributed by atoms with E-state index >= 15 is 0 Å². The topological polar surface area (TPSA) is 30.2 Å². The molecule has 1 heterocycles. The van der Waals surface area contributed by atoms with Crippen LogP contribution in [0.1, 0.15) is 5.76 Å². The van der Waals surface area contributed by atoms with Gasteiger partial charge in [-0.2, -0.15) is 26.3 Å². The molecule has 0 radical (unpaired) electrons. The maximum Gasteiger partial charge on any atom is 0.385 e. The fourth-order valence-electron chi connectivity index (χ4n) is 1.78. The van der Waals surface area contributed by atoms with Crippen molar-refractivity contribution in [2.24, 2.45) is 0 Å². The quantitative estimate of drug-likeness (QED) is 0.693. The van der Waals surface area contributed by atoms with Crippen molar-refractivity contribution in [1.29, 1.82) is 0 Å². The van der Waals surface area contributed by atoms with Crippen molar-refractivity contribution in [3.63, 3.8) is 0 Å². The summed E-state index contributed by atoms with van der Waals surface area (Å²) >= 11 is 5.56. The van der Waals surface area contributed by atoms with Gasteiger partial charge in [-0.25, -0.2) is 8.78 Å². The van der Waals surface area contributed by atoms with Crippen molar-refractivity contribution >= 4 is 22.6 Å². The number of rotatable bonds is 4. The Morgan fingerprint density at radius 3 is 2.12 bits per heavy atom. The van der Waals surface area contributed by atoms with Crippen molar-refractivity contribution in [1.82, 2.24) is 0 Å². The van der Waals surface area contributed by atoms with E-state index in [4.69, 9.17) is 11.6 Å². The minimum Gasteiger partial charge on any atom is -0.454 e. The monoisotopic (exact) mass is 380 g/mol. The van der Waals surface area contributed by atoms with Gasteiger partial charge in [0.25, 0.3) is 0 Å². The summed E-state index contributed by atoms with van der Waals surface area (Å²) in [5.41, 5.74) is -1.94. The molecule has 0 unspecified atom stereocenters. The van der Waals surface area contributed by atoms with E-state index in [1.165, 1.54) is 0 Å². The summed E-state index contributed by atoms with van der Waals surface area (Å²) in [4.78, 5) is 11.7. The molecule has 1 aromatic heterocycles. The number of hydrogen-bond donors (Lipinski definition) is 0. The van der Waals surface area contributed by atoms with Crippen LogP contribution in [0.25, 0.3) is 11.0 Å². The molecule has 1 aromatic carbocycles. The molecule has 0 N–H and O–H groups in total. The smallest absolute Gasteiger partial charge is 0.385 e. The second-order valence-electron chi connectivity index (χ2n) is 4.69. The Bertz CT molecular complexity index is 830. The van der Waals surface area contributed by atoms with Gasteiger partial charge >= 0.3 is 24.2 Å². The van der Waals surface area contributed by atoms with E-state index in [0.29, 0.717) is 0 Å². The summed E-state index contributed by atoms with van der Waals surface area (Å²) in [6.45, 7) is 0. The maximum atomic E-state index is 13.8. The lowest BCUT2D eigenvalue weighted by Crippen LogP contribution is -2.56. The Labute approximate surface area is 132 Å². The highest BCUT2D eigenvalue weighted by Gasteiger charge is 2.77. The van der Waals surface area contributed by atoms with E-state index in [1.54, 1.807) is 0 Å². The fourth-order valence-corrected chi connectivity index (χ4v) is 1.96. The Kier molecular flexibility index (Phi) is 4.32. The highest BCUT2D eigenvalue weighted by atomic mass is 35.5. The first kappa shape index (κ1) is 18.5. The Balaban J connectivity index is 2.67. The second kappa shape index (κ2) is 5.61. The molecule has 132 valence electrons. The fraction of sp³-hybridized carbons (Fsp3) is 0.308. The highest BCUT2D eigenvalue weighted by Crippen LogP contribution is 2.53. The predicted octanol–water partition coefficient (Wildman–Crippen LogP) is 5.07. The van der Waals surface area contributed by atoms with E-state index in [0.717, 1.165) is 18.2 Å².